The molecule has 2 N–H and O–H groups in total. The maximum Gasteiger partial charge on any atom is 0.335 e. The molecule has 0 fully saturated rings. The highest BCUT2D eigenvalue weighted by molar-refractivity contribution is 9.10. The topological polar surface area (TPSA) is 92.5 Å². The van der Waals surface area contributed by atoms with Crippen molar-refractivity contribution >= 4 is 39.0 Å². The molecule has 0 unspecified atom stereocenters. The van der Waals surface area contributed by atoms with Gasteiger partial charge in [0.1, 0.15) is 0 Å². The number of nitro groups is 1. The van der Waals surface area contributed by atoms with Crippen LogP contribution in [-0.2, 0) is 0 Å². The summed E-state index contributed by atoms with van der Waals surface area (Å²) in [6.07, 6.45) is 0. The molecule has 0 aliphatic rings. The molecule has 0 heterocycles. The van der Waals surface area contributed by atoms with Gasteiger partial charge < -0.3 is 10.4 Å². The van der Waals surface area contributed by atoms with Crippen LogP contribution in [0.4, 0.5) is 17.1 Å². The van der Waals surface area contributed by atoms with E-state index >= 15 is 0 Å². The van der Waals surface area contributed by atoms with Crippen molar-refractivity contribution in [1.29, 1.82) is 0 Å². The fraction of sp³-hybridized carbons (Fsp3) is 0.0714. The molecule has 0 saturated heterocycles. The van der Waals surface area contributed by atoms with Crippen molar-refractivity contribution in [3.63, 3.8) is 0 Å². The number of benzene rings is 2. The van der Waals surface area contributed by atoms with E-state index in [1.54, 1.807) is 25.1 Å². The molecule has 2 aromatic rings. The van der Waals surface area contributed by atoms with Crippen LogP contribution in [0.1, 0.15) is 15.9 Å². The normalized spacial score (nSPS) is 10.2. The molecule has 108 valence electrons. The molecular formula is C14H11BrN2O4. The van der Waals surface area contributed by atoms with E-state index in [1.807, 2.05) is 0 Å². The Morgan fingerprint density at radius 1 is 1.29 bits per heavy atom. The Morgan fingerprint density at radius 2 is 2.00 bits per heavy atom. The van der Waals surface area contributed by atoms with Crippen LogP contribution in [0.3, 0.4) is 0 Å². The van der Waals surface area contributed by atoms with E-state index in [1.165, 1.54) is 18.2 Å². The molecular weight excluding hydrogens is 340 g/mol. The van der Waals surface area contributed by atoms with Gasteiger partial charge in [0.05, 0.1) is 21.7 Å². The molecule has 0 atom stereocenters. The average molecular weight is 351 g/mol. The number of anilines is 2. The lowest BCUT2D eigenvalue weighted by atomic mass is 10.1. The second-order valence-corrected chi connectivity index (χ2v) is 5.19. The highest BCUT2D eigenvalue weighted by Gasteiger charge is 2.14. The summed E-state index contributed by atoms with van der Waals surface area (Å²) in [5.41, 5.74) is 1.91. The first-order valence-corrected chi connectivity index (χ1v) is 6.73. The van der Waals surface area contributed by atoms with Gasteiger partial charge in [-0.15, -0.1) is 0 Å². The Kier molecular flexibility index (Phi) is 4.23. The number of aromatic carboxylic acids is 1. The minimum atomic E-state index is -1.02. The molecule has 6 nitrogen and oxygen atoms in total. The molecule has 0 radical (unpaired) electrons. The van der Waals surface area contributed by atoms with Crippen molar-refractivity contribution in [1.82, 2.24) is 0 Å². The predicted molar refractivity (Wildman–Crippen MR) is 82.2 cm³/mol. The first-order chi connectivity index (χ1) is 9.90. The monoisotopic (exact) mass is 350 g/mol. The second-order valence-electron chi connectivity index (χ2n) is 4.33. The number of carboxylic acid groups (broad SMARTS) is 1. The predicted octanol–water partition coefficient (Wildman–Crippen LogP) is 4.11. The van der Waals surface area contributed by atoms with Gasteiger partial charge >= 0.3 is 5.97 Å². The highest BCUT2D eigenvalue weighted by atomic mass is 79.9. The smallest absolute Gasteiger partial charge is 0.335 e. The summed E-state index contributed by atoms with van der Waals surface area (Å²) in [5.74, 6) is -1.02. The van der Waals surface area contributed by atoms with Crippen LogP contribution in [0, 0.1) is 17.0 Å². The van der Waals surface area contributed by atoms with Crippen molar-refractivity contribution in [2.45, 2.75) is 6.92 Å². The van der Waals surface area contributed by atoms with Crippen molar-refractivity contribution in [3.05, 3.63) is 62.1 Å². The number of hydrogen-bond donors (Lipinski definition) is 2. The first-order valence-electron chi connectivity index (χ1n) is 5.94. The number of carboxylic acids is 1. The lowest BCUT2D eigenvalue weighted by molar-refractivity contribution is -0.385. The zero-order valence-corrected chi connectivity index (χ0v) is 12.5. The number of halogens is 1. The number of nitrogens with one attached hydrogen (secondary N) is 1. The number of carbonyl (C=O) groups is 1. The molecule has 0 aromatic heterocycles. The molecule has 0 spiro atoms. The van der Waals surface area contributed by atoms with Gasteiger partial charge in [0.25, 0.3) is 5.69 Å². The van der Waals surface area contributed by atoms with Crippen LogP contribution in [0.5, 0.6) is 0 Å². The number of nitro benzene ring substituents is 1. The highest BCUT2D eigenvalue weighted by Crippen LogP contribution is 2.31. The van der Waals surface area contributed by atoms with Gasteiger partial charge in [0, 0.05) is 16.2 Å². The Bertz CT molecular complexity index is 731. The third-order valence-corrected chi connectivity index (χ3v) is 3.64. The van der Waals surface area contributed by atoms with Crippen LogP contribution in [0.15, 0.2) is 40.9 Å². The van der Waals surface area contributed by atoms with Crippen molar-refractivity contribution in [2.75, 3.05) is 5.32 Å². The van der Waals surface area contributed by atoms with Crippen molar-refractivity contribution in [2.24, 2.45) is 0 Å². The fourth-order valence-electron chi connectivity index (χ4n) is 1.85. The third kappa shape index (κ3) is 3.19. The van der Waals surface area contributed by atoms with E-state index in [2.05, 4.69) is 21.2 Å². The van der Waals surface area contributed by atoms with Gasteiger partial charge in [-0.25, -0.2) is 4.79 Å². The Hall–Kier alpha value is -2.41. The van der Waals surface area contributed by atoms with Crippen molar-refractivity contribution < 1.29 is 14.8 Å². The third-order valence-electron chi connectivity index (χ3n) is 2.99. The number of hydrogen-bond acceptors (Lipinski definition) is 4. The van der Waals surface area contributed by atoms with Crippen molar-refractivity contribution in [3.8, 4) is 0 Å². The minimum Gasteiger partial charge on any atom is -0.478 e. The van der Waals surface area contributed by atoms with E-state index in [-0.39, 0.29) is 11.3 Å². The van der Waals surface area contributed by atoms with E-state index in [0.29, 0.717) is 21.4 Å². The van der Waals surface area contributed by atoms with E-state index in [9.17, 15) is 14.9 Å². The van der Waals surface area contributed by atoms with Crippen LogP contribution in [0.25, 0.3) is 0 Å². The van der Waals surface area contributed by atoms with Gasteiger partial charge in [0.2, 0.25) is 0 Å². The quantitative estimate of drug-likeness (QED) is 0.639. The maximum atomic E-state index is 10.9. The molecule has 0 saturated carbocycles. The van der Waals surface area contributed by atoms with Gasteiger partial charge in [0.15, 0.2) is 0 Å². The van der Waals surface area contributed by atoms with Crippen LogP contribution >= 0.6 is 15.9 Å². The molecule has 0 bridgehead atoms. The molecule has 0 aliphatic carbocycles. The van der Waals surface area contributed by atoms with Crippen LogP contribution < -0.4 is 5.32 Å². The van der Waals surface area contributed by atoms with E-state index in [0.717, 1.165) is 0 Å². The van der Waals surface area contributed by atoms with Crippen LogP contribution in [-0.4, -0.2) is 16.0 Å². The lowest BCUT2D eigenvalue weighted by Gasteiger charge is -2.11. The molecule has 21 heavy (non-hydrogen) atoms. The van der Waals surface area contributed by atoms with Gasteiger partial charge in [-0.05, 0) is 47.1 Å². The summed E-state index contributed by atoms with van der Waals surface area (Å²) in [5, 5.41) is 22.9. The maximum absolute atomic E-state index is 10.9. The Morgan fingerprint density at radius 3 is 2.57 bits per heavy atom. The minimum absolute atomic E-state index is 0.0262. The van der Waals surface area contributed by atoms with Gasteiger partial charge in [-0.2, -0.15) is 0 Å². The van der Waals surface area contributed by atoms with Crippen LogP contribution in [0.2, 0.25) is 0 Å². The summed E-state index contributed by atoms with van der Waals surface area (Å²) in [6, 6.07) is 9.28. The fourth-order valence-corrected chi connectivity index (χ4v) is 2.33. The Balaban J connectivity index is 2.37. The summed E-state index contributed by atoms with van der Waals surface area (Å²) < 4.78 is 0.563. The zero-order valence-electron chi connectivity index (χ0n) is 11.0. The zero-order chi connectivity index (χ0) is 15.6. The summed E-state index contributed by atoms with van der Waals surface area (Å²) in [6.45, 7) is 1.65. The largest absolute Gasteiger partial charge is 0.478 e. The summed E-state index contributed by atoms with van der Waals surface area (Å²) >= 11 is 3.29. The molecule has 0 aliphatic heterocycles. The summed E-state index contributed by atoms with van der Waals surface area (Å²) in [7, 11) is 0. The van der Waals surface area contributed by atoms with E-state index < -0.39 is 10.9 Å². The molecule has 2 aromatic carbocycles. The number of rotatable bonds is 4. The average Bonchev–Trinajstić information content (AvgIpc) is 2.42. The summed E-state index contributed by atoms with van der Waals surface area (Å²) in [4.78, 5) is 21.4. The SMILES string of the molecule is Cc1c(Nc2ccc(C(=O)O)cc2Br)cccc1[N+](=O)[O-]. The second kappa shape index (κ2) is 5.92. The standard InChI is InChI=1S/C14H11BrN2O4/c1-8-11(3-2-4-13(8)17(20)21)16-12-6-5-9(14(18)19)7-10(12)15/h2-7,16H,1H3,(H,18,19). The van der Waals surface area contributed by atoms with Gasteiger partial charge in [-0.3, -0.25) is 10.1 Å². The lowest BCUT2D eigenvalue weighted by Crippen LogP contribution is -2.00. The van der Waals surface area contributed by atoms with Gasteiger partial charge in [-0.1, -0.05) is 6.07 Å². The first kappa shape index (κ1) is 15.0. The number of nitrogens with zero attached hydrogens (tertiary/aromatic N) is 1. The Labute approximate surface area is 128 Å². The molecule has 0 amide bonds. The van der Waals surface area contributed by atoms with E-state index in [4.69, 9.17) is 5.11 Å². The molecule has 7 heteroatoms. The molecule has 2 rings (SSSR count).